The molecule has 0 fully saturated rings. The van der Waals surface area contributed by atoms with E-state index in [-0.39, 0.29) is 5.82 Å². The Morgan fingerprint density at radius 3 is 2.50 bits per heavy atom. The Kier molecular flexibility index (Phi) is 4.03. The first-order chi connectivity index (χ1) is 10.5. The predicted molar refractivity (Wildman–Crippen MR) is 91.9 cm³/mol. The fourth-order valence-corrected chi connectivity index (χ4v) is 2.80. The summed E-state index contributed by atoms with van der Waals surface area (Å²) in [5.41, 5.74) is 10.7. The minimum Gasteiger partial charge on any atom is -0.398 e. The third-order valence-electron chi connectivity index (χ3n) is 3.61. The zero-order valence-corrected chi connectivity index (χ0v) is 13.5. The third-order valence-corrected chi connectivity index (χ3v) is 4.10. The lowest BCUT2D eigenvalue weighted by molar-refractivity contribution is 0.628. The largest absolute Gasteiger partial charge is 0.398 e. The molecule has 22 heavy (non-hydrogen) atoms. The van der Waals surface area contributed by atoms with Gasteiger partial charge in [-0.15, -0.1) is 0 Å². The van der Waals surface area contributed by atoms with Crippen LogP contribution in [0.25, 0.3) is 11.1 Å². The molecule has 0 saturated heterocycles. The molecule has 3 rings (SSSR count). The molecule has 3 aromatic rings. The van der Waals surface area contributed by atoms with Gasteiger partial charge in [-0.2, -0.15) is 0 Å². The highest BCUT2D eigenvalue weighted by atomic mass is 79.9. The van der Waals surface area contributed by atoms with Crippen molar-refractivity contribution >= 4 is 21.6 Å². The number of aromatic nitrogens is 1. The van der Waals surface area contributed by atoms with Gasteiger partial charge in [0.2, 0.25) is 0 Å². The predicted octanol–water partition coefficient (Wildman–Crippen LogP) is 4.87. The van der Waals surface area contributed by atoms with Gasteiger partial charge >= 0.3 is 0 Å². The Labute approximate surface area is 137 Å². The van der Waals surface area contributed by atoms with Crippen molar-refractivity contribution in [2.24, 2.45) is 0 Å². The number of hydrogen-bond acceptors (Lipinski definition) is 1. The quantitative estimate of drug-likeness (QED) is 0.666. The summed E-state index contributed by atoms with van der Waals surface area (Å²) in [7, 11) is 0. The lowest BCUT2D eigenvalue weighted by atomic mass is 10.1. The SMILES string of the molecule is [CH2]c1cc(-c2ccc(F)cc2)cn1Cc1cc(Br)ccc1N. The fraction of sp³-hybridized carbons (Fsp3) is 0.0556. The number of nitrogens with zero attached hydrogens (tertiary/aromatic N) is 1. The Morgan fingerprint density at radius 1 is 1.05 bits per heavy atom. The van der Waals surface area contributed by atoms with Crippen LogP contribution in [0.3, 0.4) is 0 Å². The average molecular weight is 358 g/mol. The van der Waals surface area contributed by atoms with Crippen LogP contribution in [0.1, 0.15) is 11.3 Å². The second-order valence-corrected chi connectivity index (χ2v) is 6.11. The van der Waals surface area contributed by atoms with E-state index in [1.165, 1.54) is 12.1 Å². The van der Waals surface area contributed by atoms with Crippen LogP contribution < -0.4 is 5.73 Å². The maximum absolute atomic E-state index is 13.0. The van der Waals surface area contributed by atoms with Crippen molar-refractivity contribution in [1.82, 2.24) is 4.57 Å². The molecule has 1 aromatic heterocycles. The number of halogens is 2. The molecule has 0 bridgehead atoms. The van der Waals surface area contributed by atoms with Crippen LogP contribution in [0, 0.1) is 12.7 Å². The van der Waals surface area contributed by atoms with Crippen molar-refractivity contribution in [3.8, 4) is 11.1 Å². The van der Waals surface area contributed by atoms with Crippen molar-refractivity contribution < 1.29 is 4.39 Å². The van der Waals surface area contributed by atoms with E-state index in [1.807, 2.05) is 35.0 Å². The molecular weight excluding hydrogens is 343 g/mol. The Balaban J connectivity index is 1.92. The van der Waals surface area contributed by atoms with E-state index in [0.717, 1.165) is 32.5 Å². The smallest absolute Gasteiger partial charge is 0.123 e. The van der Waals surface area contributed by atoms with Gasteiger partial charge in [0.15, 0.2) is 0 Å². The minimum absolute atomic E-state index is 0.236. The topological polar surface area (TPSA) is 30.9 Å². The molecule has 2 nitrogen and oxygen atoms in total. The van der Waals surface area contributed by atoms with Crippen LogP contribution in [0.15, 0.2) is 59.2 Å². The van der Waals surface area contributed by atoms with Gasteiger partial charge in [0.05, 0.1) is 0 Å². The van der Waals surface area contributed by atoms with Crippen molar-refractivity contribution in [1.29, 1.82) is 0 Å². The van der Waals surface area contributed by atoms with Crippen molar-refractivity contribution in [3.05, 3.63) is 83.2 Å². The summed E-state index contributed by atoms with van der Waals surface area (Å²) in [5, 5.41) is 0. The van der Waals surface area contributed by atoms with Gasteiger partial charge in [-0.1, -0.05) is 28.1 Å². The number of nitrogens with two attached hydrogens (primary N) is 1. The minimum atomic E-state index is -0.236. The zero-order chi connectivity index (χ0) is 15.7. The number of anilines is 1. The first-order valence-electron chi connectivity index (χ1n) is 6.85. The summed E-state index contributed by atoms with van der Waals surface area (Å²) >= 11 is 3.46. The normalized spacial score (nSPS) is 10.9. The number of nitrogen functional groups attached to an aromatic ring is 1. The molecule has 0 spiro atoms. The highest BCUT2D eigenvalue weighted by Gasteiger charge is 2.07. The molecule has 1 radical (unpaired) electrons. The Bertz CT molecular complexity index is 806. The molecule has 2 aromatic carbocycles. The molecule has 0 atom stereocenters. The highest BCUT2D eigenvalue weighted by Crippen LogP contribution is 2.25. The number of benzene rings is 2. The molecule has 0 aliphatic heterocycles. The van der Waals surface area contributed by atoms with Gasteiger partial charge in [-0.05, 0) is 60.0 Å². The van der Waals surface area contributed by atoms with Gasteiger partial charge in [0.25, 0.3) is 0 Å². The van der Waals surface area contributed by atoms with E-state index in [4.69, 9.17) is 5.73 Å². The van der Waals surface area contributed by atoms with Gasteiger partial charge in [-0.25, -0.2) is 4.39 Å². The summed E-state index contributed by atoms with van der Waals surface area (Å²) < 4.78 is 16.1. The molecule has 111 valence electrons. The summed E-state index contributed by atoms with van der Waals surface area (Å²) in [6.45, 7) is 4.71. The second-order valence-electron chi connectivity index (χ2n) is 5.20. The third kappa shape index (κ3) is 3.07. The first-order valence-corrected chi connectivity index (χ1v) is 7.64. The van der Waals surface area contributed by atoms with E-state index in [2.05, 4.69) is 22.9 Å². The van der Waals surface area contributed by atoms with Crippen LogP contribution in [-0.4, -0.2) is 4.57 Å². The maximum atomic E-state index is 13.0. The molecule has 4 heteroatoms. The lowest BCUT2D eigenvalue weighted by Crippen LogP contribution is -2.03. The second kappa shape index (κ2) is 5.97. The molecule has 0 aliphatic carbocycles. The fourth-order valence-electron chi connectivity index (χ4n) is 2.39. The molecular formula is C18H15BrFN2. The van der Waals surface area contributed by atoms with Gasteiger partial charge in [0, 0.05) is 28.6 Å². The van der Waals surface area contributed by atoms with Crippen LogP contribution in [0.5, 0.6) is 0 Å². The van der Waals surface area contributed by atoms with E-state index in [0.29, 0.717) is 6.54 Å². The standard InChI is InChI=1S/C18H15BrFN2/c1-12-8-14(13-2-5-17(20)6-3-13)10-22(12)11-15-9-16(19)4-7-18(15)21/h2-10H,1,11,21H2. The summed E-state index contributed by atoms with van der Waals surface area (Å²) in [6.07, 6.45) is 2.01. The molecule has 0 amide bonds. The Hall–Kier alpha value is -2.07. The Morgan fingerprint density at radius 2 is 1.77 bits per heavy atom. The van der Waals surface area contributed by atoms with Crippen LogP contribution in [0.4, 0.5) is 10.1 Å². The van der Waals surface area contributed by atoms with E-state index in [1.54, 1.807) is 12.1 Å². The van der Waals surface area contributed by atoms with Crippen molar-refractivity contribution in [3.63, 3.8) is 0 Å². The molecule has 1 heterocycles. The molecule has 2 N–H and O–H groups in total. The van der Waals surface area contributed by atoms with E-state index < -0.39 is 0 Å². The van der Waals surface area contributed by atoms with Crippen LogP contribution in [0.2, 0.25) is 0 Å². The lowest BCUT2D eigenvalue weighted by Gasteiger charge is -2.09. The zero-order valence-electron chi connectivity index (χ0n) is 11.9. The summed E-state index contributed by atoms with van der Waals surface area (Å²) in [4.78, 5) is 0. The molecule has 0 saturated carbocycles. The highest BCUT2D eigenvalue weighted by molar-refractivity contribution is 9.10. The molecule has 0 aliphatic rings. The van der Waals surface area contributed by atoms with Crippen LogP contribution in [-0.2, 0) is 6.54 Å². The van der Waals surface area contributed by atoms with Crippen LogP contribution >= 0.6 is 15.9 Å². The van der Waals surface area contributed by atoms with E-state index in [9.17, 15) is 4.39 Å². The monoisotopic (exact) mass is 357 g/mol. The summed E-state index contributed by atoms with van der Waals surface area (Å²) in [6, 6.07) is 14.2. The van der Waals surface area contributed by atoms with Gasteiger partial charge < -0.3 is 10.3 Å². The summed E-state index contributed by atoms with van der Waals surface area (Å²) in [5.74, 6) is -0.236. The van der Waals surface area contributed by atoms with Crippen molar-refractivity contribution in [2.75, 3.05) is 5.73 Å². The van der Waals surface area contributed by atoms with Gasteiger partial charge in [0.1, 0.15) is 5.82 Å². The van der Waals surface area contributed by atoms with E-state index >= 15 is 0 Å². The average Bonchev–Trinajstić information content (AvgIpc) is 2.85. The van der Waals surface area contributed by atoms with Crippen molar-refractivity contribution in [2.45, 2.75) is 6.54 Å². The first kappa shape index (κ1) is 14.9. The number of rotatable bonds is 3. The maximum Gasteiger partial charge on any atom is 0.123 e. The number of hydrogen-bond donors (Lipinski definition) is 1. The molecule has 0 unspecified atom stereocenters. The van der Waals surface area contributed by atoms with Gasteiger partial charge in [-0.3, -0.25) is 0 Å².